The number of ether oxygens (including phenoxy) is 1. The third-order valence-electron chi connectivity index (χ3n) is 7.12. The Morgan fingerprint density at radius 1 is 1.35 bits per heavy atom. The number of rotatable bonds is 4. The number of alkyl halides is 3. The maximum Gasteiger partial charge on any atom is 0.397 e. The summed E-state index contributed by atoms with van der Waals surface area (Å²) < 4.78 is 49.7. The molecule has 1 saturated carbocycles. The van der Waals surface area contributed by atoms with Gasteiger partial charge in [0.05, 0.1) is 29.5 Å². The quantitative estimate of drug-likeness (QED) is 0.775. The molecule has 2 unspecified atom stereocenters. The van der Waals surface area contributed by atoms with Gasteiger partial charge in [-0.25, -0.2) is 9.50 Å². The number of carbonyl (C=O) groups is 1. The molecule has 0 aromatic carbocycles. The first-order valence-corrected chi connectivity index (χ1v) is 10.4. The van der Waals surface area contributed by atoms with E-state index in [-0.39, 0.29) is 32.2 Å². The first-order chi connectivity index (χ1) is 14.7. The zero-order valence-corrected chi connectivity index (χ0v) is 17.4. The zero-order valence-electron chi connectivity index (χ0n) is 17.4. The Morgan fingerprint density at radius 2 is 2.16 bits per heavy atom. The van der Waals surface area contributed by atoms with Gasteiger partial charge in [-0.2, -0.15) is 18.3 Å². The maximum absolute atomic E-state index is 14.2. The molecule has 1 aliphatic carbocycles. The van der Waals surface area contributed by atoms with Crippen LogP contribution >= 0.6 is 0 Å². The lowest BCUT2D eigenvalue weighted by Gasteiger charge is -2.30. The first kappa shape index (κ1) is 20.5. The predicted octanol–water partition coefficient (Wildman–Crippen LogP) is 1.24. The molecule has 2 aromatic rings. The molecule has 168 valence electrons. The van der Waals surface area contributed by atoms with Gasteiger partial charge in [-0.1, -0.05) is 0 Å². The van der Waals surface area contributed by atoms with Gasteiger partial charge in [-0.15, -0.1) is 0 Å². The predicted molar refractivity (Wildman–Crippen MR) is 106 cm³/mol. The molecule has 5 rings (SSSR count). The Bertz CT molecular complexity index is 1030. The number of piperidine rings is 1. The second-order valence-electron chi connectivity index (χ2n) is 8.99. The molecule has 0 spiro atoms. The van der Waals surface area contributed by atoms with Crippen LogP contribution in [0.4, 0.5) is 18.9 Å². The number of aromatic nitrogens is 3. The minimum Gasteiger partial charge on any atom is -0.374 e. The van der Waals surface area contributed by atoms with Crippen molar-refractivity contribution in [3.05, 3.63) is 24.2 Å². The van der Waals surface area contributed by atoms with Crippen molar-refractivity contribution >= 4 is 17.2 Å². The van der Waals surface area contributed by atoms with Gasteiger partial charge in [-0.05, 0) is 32.5 Å². The summed E-state index contributed by atoms with van der Waals surface area (Å²) in [4.78, 5) is 20.9. The van der Waals surface area contributed by atoms with Crippen LogP contribution in [-0.4, -0.2) is 84.1 Å². The lowest BCUT2D eigenvalue weighted by Crippen LogP contribution is -2.48. The van der Waals surface area contributed by atoms with E-state index < -0.39 is 22.9 Å². The Balaban J connectivity index is 1.38. The summed E-state index contributed by atoms with van der Waals surface area (Å²) in [7, 11) is 1.95. The van der Waals surface area contributed by atoms with E-state index in [1.807, 2.05) is 7.05 Å². The molecule has 4 heterocycles. The molecule has 1 amide bonds. The number of amides is 1. The van der Waals surface area contributed by atoms with Crippen LogP contribution in [0.1, 0.15) is 12.1 Å². The van der Waals surface area contributed by atoms with Gasteiger partial charge in [0.15, 0.2) is 5.65 Å². The normalized spacial score (nSPS) is 31.1. The summed E-state index contributed by atoms with van der Waals surface area (Å²) in [6, 6.07) is 3.48. The van der Waals surface area contributed by atoms with E-state index in [4.69, 9.17) is 4.74 Å². The fourth-order valence-corrected chi connectivity index (χ4v) is 5.30. The summed E-state index contributed by atoms with van der Waals surface area (Å²) >= 11 is 0. The van der Waals surface area contributed by atoms with Crippen LogP contribution < -0.4 is 10.2 Å². The molecule has 31 heavy (non-hydrogen) atoms. The first-order valence-electron chi connectivity index (χ1n) is 10.4. The number of nitrogens with zero attached hydrogens (tertiary/aromatic N) is 5. The van der Waals surface area contributed by atoms with Crippen LogP contribution in [-0.2, 0) is 9.53 Å². The van der Waals surface area contributed by atoms with E-state index in [1.165, 1.54) is 6.33 Å². The second kappa shape index (κ2) is 6.80. The number of pyridine rings is 1. The van der Waals surface area contributed by atoms with Crippen molar-refractivity contribution in [2.45, 2.75) is 25.6 Å². The SMILES string of the molecule is Cc1c(N2CC3(C(=O)NC[C@@H]4CN(C)CCO4)CC3(C(F)(F)F)C2)ccc2ncnn12. The number of nitrogens with one attached hydrogen (secondary N) is 1. The number of halogens is 3. The highest BCUT2D eigenvalue weighted by Crippen LogP contribution is 2.75. The third-order valence-corrected chi connectivity index (χ3v) is 7.12. The number of aryl methyl sites for hydroxylation is 1. The molecule has 3 aliphatic rings. The zero-order chi connectivity index (χ0) is 22.0. The summed E-state index contributed by atoms with van der Waals surface area (Å²) in [5.74, 6) is -0.538. The topological polar surface area (TPSA) is 75.0 Å². The smallest absolute Gasteiger partial charge is 0.374 e. The second-order valence-corrected chi connectivity index (χ2v) is 8.99. The highest BCUT2D eigenvalue weighted by Gasteiger charge is 2.86. The van der Waals surface area contributed by atoms with Gasteiger partial charge < -0.3 is 19.9 Å². The van der Waals surface area contributed by atoms with Gasteiger partial charge in [0, 0.05) is 32.7 Å². The van der Waals surface area contributed by atoms with Crippen LogP contribution in [0.15, 0.2) is 18.5 Å². The molecule has 11 heteroatoms. The number of hydrogen-bond donors (Lipinski definition) is 1. The standard InChI is InChI=1S/C20H25F3N6O2/c1-13-15(3-4-16-25-12-26-29(13)16)28-10-18(9-19(18,11-28)20(21,22)23)17(30)24-7-14-8-27(2)5-6-31-14/h3-4,12,14H,5-11H2,1-2H3,(H,24,30)/t14-,18?,19?/m1/s1. The Hall–Kier alpha value is -2.40. The number of anilines is 1. The van der Waals surface area contributed by atoms with E-state index in [0.29, 0.717) is 30.2 Å². The van der Waals surface area contributed by atoms with Crippen LogP contribution in [0, 0.1) is 17.8 Å². The van der Waals surface area contributed by atoms with E-state index in [0.717, 1.165) is 6.54 Å². The fraction of sp³-hybridized carbons (Fsp3) is 0.650. The van der Waals surface area contributed by atoms with Crippen LogP contribution in [0.3, 0.4) is 0 Å². The molecule has 8 nitrogen and oxygen atoms in total. The Kier molecular flexibility index (Phi) is 4.50. The van der Waals surface area contributed by atoms with Crippen molar-refractivity contribution in [3.8, 4) is 0 Å². The monoisotopic (exact) mass is 438 g/mol. The minimum atomic E-state index is -4.47. The van der Waals surface area contributed by atoms with Gasteiger partial charge in [-0.3, -0.25) is 4.79 Å². The Morgan fingerprint density at radius 3 is 2.90 bits per heavy atom. The van der Waals surface area contributed by atoms with Crippen molar-refractivity contribution in [1.82, 2.24) is 24.8 Å². The summed E-state index contributed by atoms with van der Waals surface area (Å²) in [6.45, 7) is 3.77. The van der Waals surface area contributed by atoms with Gasteiger partial charge in [0.25, 0.3) is 0 Å². The Labute approximate surface area is 177 Å². The van der Waals surface area contributed by atoms with E-state index in [2.05, 4.69) is 20.3 Å². The van der Waals surface area contributed by atoms with Crippen LogP contribution in [0.5, 0.6) is 0 Å². The maximum atomic E-state index is 14.2. The molecule has 2 aromatic heterocycles. The lowest BCUT2D eigenvalue weighted by atomic mass is 9.94. The third kappa shape index (κ3) is 3.00. The fourth-order valence-electron chi connectivity index (χ4n) is 5.30. The van der Waals surface area contributed by atoms with Crippen molar-refractivity contribution in [3.63, 3.8) is 0 Å². The van der Waals surface area contributed by atoms with Crippen molar-refractivity contribution in [1.29, 1.82) is 0 Å². The largest absolute Gasteiger partial charge is 0.397 e. The van der Waals surface area contributed by atoms with Gasteiger partial charge in [0.2, 0.25) is 5.91 Å². The molecule has 3 atom stereocenters. The lowest BCUT2D eigenvalue weighted by molar-refractivity contribution is -0.191. The number of morpholine rings is 1. The molecular formula is C20H25F3N6O2. The molecule has 0 bridgehead atoms. The molecule has 3 fully saturated rings. The average Bonchev–Trinajstić information content (AvgIpc) is 3.03. The molecular weight excluding hydrogens is 413 g/mol. The van der Waals surface area contributed by atoms with Crippen molar-refractivity contribution < 1.29 is 22.7 Å². The summed E-state index contributed by atoms with van der Waals surface area (Å²) in [5.41, 5.74) is -1.55. The van der Waals surface area contributed by atoms with Gasteiger partial charge >= 0.3 is 6.18 Å². The molecule has 1 N–H and O–H groups in total. The van der Waals surface area contributed by atoms with E-state index in [9.17, 15) is 18.0 Å². The molecule has 2 saturated heterocycles. The van der Waals surface area contributed by atoms with Crippen LogP contribution in [0.2, 0.25) is 0 Å². The van der Waals surface area contributed by atoms with Crippen molar-refractivity contribution in [2.75, 3.05) is 51.3 Å². The number of fused-ring (bicyclic) bond motifs is 2. The van der Waals surface area contributed by atoms with E-state index in [1.54, 1.807) is 28.5 Å². The highest BCUT2D eigenvalue weighted by atomic mass is 19.4. The minimum absolute atomic E-state index is 0.0187. The summed E-state index contributed by atoms with van der Waals surface area (Å²) in [6.07, 6.45) is -3.45. The highest BCUT2D eigenvalue weighted by molar-refractivity contribution is 5.90. The molecule has 2 aliphatic heterocycles. The summed E-state index contributed by atoms with van der Waals surface area (Å²) in [5, 5.41) is 6.91. The average molecular weight is 438 g/mol. The van der Waals surface area contributed by atoms with Crippen molar-refractivity contribution in [2.24, 2.45) is 10.8 Å². The van der Waals surface area contributed by atoms with Crippen LogP contribution in [0.25, 0.3) is 5.65 Å². The number of likely N-dealkylation sites (N-methyl/N-ethyl adjacent to an activating group) is 1. The number of hydrogen-bond acceptors (Lipinski definition) is 6. The van der Waals surface area contributed by atoms with Gasteiger partial charge in [0.1, 0.15) is 11.7 Å². The number of carbonyl (C=O) groups excluding carboxylic acids is 1. The van der Waals surface area contributed by atoms with E-state index >= 15 is 0 Å². The molecule has 0 radical (unpaired) electrons.